The molecule has 98 valence electrons. The number of aromatic nitrogens is 1. The molecule has 0 saturated carbocycles. The molecule has 0 aliphatic rings. The van der Waals surface area contributed by atoms with Crippen LogP contribution in [0.5, 0.6) is 5.75 Å². The van der Waals surface area contributed by atoms with E-state index in [0.29, 0.717) is 35.8 Å². The van der Waals surface area contributed by atoms with Gasteiger partial charge in [-0.2, -0.15) is 0 Å². The Morgan fingerprint density at radius 3 is 3.00 bits per heavy atom. The van der Waals surface area contributed by atoms with Gasteiger partial charge in [-0.3, -0.25) is 4.98 Å². The minimum atomic E-state index is -0.510. The van der Waals surface area contributed by atoms with Crippen LogP contribution in [0.2, 0.25) is 0 Å². The Kier molecular flexibility index (Phi) is 3.57. The Balaban J connectivity index is 2.21. The molecule has 18 heavy (non-hydrogen) atoms. The topological polar surface area (TPSA) is 90.5 Å². The van der Waals surface area contributed by atoms with Crippen LogP contribution in [-0.4, -0.2) is 24.3 Å². The number of oxazole rings is 1. The van der Waals surface area contributed by atoms with E-state index in [9.17, 15) is 4.79 Å². The minimum absolute atomic E-state index is 0.122. The maximum atomic E-state index is 11.1. The van der Waals surface area contributed by atoms with Gasteiger partial charge in [0.05, 0.1) is 17.8 Å². The maximum Gasteiger partial charge on any atom is 0.417 e. The number of nitrogens with one attached hydrogen (secondary N) is 1. The van der Waals surface area contributed by atoms with Gasteiger partial charge in [-0.25, -0.2) is 4.79 Å². The molecule has 1 aromatic heterocycles. The molecule has 0 fully saturated rings. The fourth-order valence-corrected chi connectivity index (χ4v) is 1.63. The average Bonchev–Trinajstić information content (AvgIpc) is 2.66. The maximum absolute atomic E-state index is 11.1. The third-order valence-electron chi connectivity index (χ3n) is 2.44. The Bertz CT molecular complexity index is 587. The van der Waals surface area contributed by atoms with Crippen LogP contribution in [0.3, 0.4) is 0 Å². The number of aromatic amines is 1. The van der Waals surface area contributed by atoms with Gasteiger partial charge in [0.25, 0.3) is 0 Å². The molecule has 2 rings (SSSR count). The number of ether oxygens (including phenoxy) is 2. The lowest BCUT2D eigenvalue weighted by Gasteiger charge is -2.15. The number of nitrogens with two attached hydrogens (primary N) is 1. The van der Waals surface area contributed by atoms with Gasteiger partial charge in [0.1, 0.15) is 11.9 Å². The highest BCUT2D eigenvalue weighted by atomic mass is 16.5. The summed E-state index contributed by atoms with van der Waals surface area (Å²) in [7, 11) is 0. The second-order valence-corrected chi connectivity index (χ2v) is 3.99. The number of hydrogen-bond donors (Lipinski definition) is 2. The Hall–Kier alpha value is -1.95. The molecule has 2 aromatic rings. The zero-order valence-electron chi connectivity index (χ0n) is 10.4. The molecule has 0 amide bonds. The first-order chi connectivity index (χ1) is 8.60. The van der Waals surface area contributed by atoms with Crippen molar-refractivity contribution in [2.24, 2.45) is 0 Å². The second kappa shape index (κ2) is 5.14. The number of nitrogen functional groups attached to an aromatic ring is 1. The van der Waals surface area contributed by atoms with Crippen molar-refractivity contribution >= 4 is 16.8 Å². The Morgan fingerprint density at radius 2 is 2.28 bits per heavy atom. The van der Waals surface area contributed by atoms with Crippen molar-refractivity contribution in [3.63, 3.8) is 0 Å². The van der Waals surface area contributed by atoms with Gasteiger partial charge < -0.3 is 19.6 Å². The summed E-state index contributed by atoms with van der Waals surface area (Å²) >= 11 is 0. The van der Waals surface area contributed by atoms with Gasteiger partial charge in [-0.1, -0.05) is 0 Å². The average molecular weight is 252 g/mol. The van der Waals surface area contributed by atoms with E-state index in [4.69, 9.17) is 19.6 Å². The number of hydrogen-bond acceptors (Lipinski definition) is 5. The van der Waals surface area contributed by atoms with Gasteiger partial charge in [-0.05, 0) is 13.8 Å². The van der Waals surface area contributed by atoms with Crippen molar-refractivity contribution in [2.45, 2.75) is 20.0 Å². The summed E-state index contributed by atoms with van der Waals surface area (Å²) in [6, 6.07) is 3.22. The van der Waals surface area contributed by atoms with Crippen LogP contribution in [0, 0.1) is 0 Å². The van der Waals surface area contributed by atoms with E-state index in [1.54, 1.807) is 12.1 Å². The van der Waals surface area contributed by atoms with E-state index in [-0.39, 0.29) is 6.10 Å². The van der Waals surface area contributed by atoms with Crippen molar-refractivity contribution in [3.05, 3.63) is 22.7 Å². The van der Waals surface area contributed by atoms with Crippen LogP contribution in [0.1, 0.15) is 13.8 Å². The van der Waals surface area contributed by atoms with E-state index in [2.05, 4.69) is 4.98 Å². The van der Waals surface area contributed by atoms with E-state index in [1.807, 2.05) is 13.8 Å². The first-order valence-corrected chi connectivity index (χ1v) is 5.77. The molecule has 1 aromatic carbocycles. The lowest BCUT2D eigenvalue weighted by Crippen LogP contribution is -2.19. The molecule has 1 unspecified atom stereocenters. The van der Waals surface area contributed by atoms with Crippen LogP contribution in [0.15, 0.2) is 21.3 Å². The van der Waals surface area contributed by atoms with Gasteiger partial charge in [-0.15, -0.1) is 0 Å². The molecule has 0 radical (unpaired) electrons. The summed E-state index contributed by atoms with van der Waals surface area (Å²) in [5, 5.41) is 0. The fraction of sp³-hybridized carbons (Fsp3) is 0.417. The summed E-state index contributed by atoms with van der Waals surface area (Å²) in [4.78, 5) is 13.6. The third-order valence-corrected chi connectivity index (χ3v) is 2.44. The SMILES string of the molecule is CCOCC(C)Oc1cc2[nH]c(=O)oc2cc1N. The smallest absolute Gasteiger partial charge is 0.417 e. The predicted octanol–water partition coefficient (Wildman–Crippen LogP) is 1.51. The van der Waals surface area contributed by atoms with Crippen molar-refractivity contribution in [1.29, 1.82) is 0 Å². The van der Waals surface area contributed by atoms with Crippen LogP contribution in [0.4, 0.5) is 5.69 Å². The summed E-state index contributed by atoms with van der Waals surface area (Å²) in [5.41, 5.74) is 7.24. The van der Waals surface area contributed by atoms with Crippen molar-refractivity contribution in [3.8, 4) is 5.75 Å². The predicted molar refractivity (Wildman–Crippen MR) is 67.8 cm³/mol. The monoisotopic (exact) mass is 252 g/mol. The van der Waals surface area contributed by atoms with Crippen LogP contribution in [0.25, 0.3) is 11.1 Å². The molecule has 0 aliphatic carbocycles. The number of rotatable bonds is 5. The fourth-order valence-electron chi connectivity index (χ4n) is 1.63. The van der Waals surface area contributed by atoms with E-state index < -0.39 is 5.76 Å². The first-order valence-electron chi connectivity index (χ1n) is 5.77. The molecule has 0 bridgehead atoms. The quantitative estimate of drug-likeness (QED) is 0.787. The standard InChI is InChI=1S/C12H16N2O4/c1-3-16-6-7(2)17-10-5-9-11(4-8(10)13)18-12(15)14-9/h4-5,7H,3,6,13H2,1-2H3,(H,14,15). The Morgan fingerprint density at radius 1 is 1.50 bits per heavy atom. The van der Waals surface area contributed by atoms with Crippen molar-refractivity contribution < 1.29 is 13.9 Å². The van der Waals surface area contributed by atoms with Gasteiger partial charge in [0.15, 0.2) is 5.58 Å². The lowest BCUT2D eigenvalue weighted by molar-refractivity contribution is 0.0661. The Labute approximate surface area is 104 Å². The van der Waals surface area contributed by atoms with Crippen LogP contribution in [-0.2, 0) is 4.74 Å². The van der Waals surface area contributed by atoms with Crippen molar-refractivity contribution in [1.82, 2.24) is 4.98 Å². The zero-order valence-corrected chi connectivity index (χ0v) is 10.4. The highest BCUT2D eigenvalue weighted by molar-refractivity contribution is 5.80. The molecule has 6 heteroatoms. The van der Waals surface area contributed by atoms with Crippen molar-refractivity contribution in [2.75, 3.05) is 18.9 Å². The summed E-state index contributed by atoms with van der Waals surface area (Å²) in [6.45, 7) is 4.92. The highest BCUT2D eigenvalue weighted by Gasteiger charge is 2.11. The molecule has 1 heterocycles. The number of H-pyrrole nitrogens is 1. The van der Waals surface area contributed by atoms with Gasteiger partial charge in [0.2, 0.25) is 0 Å². The zero-order chi connectivity index (χ0) is 13.1. The molecule has 6 nitrogen and oxygen atoms in total. The molecular formula is C12H16N2O4. The first kappa shape index (κ1) is 12.5. The summed E-state index contributed by atoms with van der Waals surface area (Å²) < 4.78 is 15.8. The normalized spacial score (nSPS) is 12.8. The second-order valence-electron chi connectivity index (χ2n) is 3.99. The highest BCUT2D eigenvalue weighted by Crippen LogP contribution is 2.27. The molecular weight excluding hydrogens is 236 g/mol. The molecule has 0 saturated heterocycles. The van der Waals surface area contributed by atoms with Gasteiger partial charge in [0, 0.05) is 18.7 Å². The lowest BCUT2D eigenvalue weighted by atomic mass is 10.2. The number of anilines is 1. The van der Waals surface area contributed by atoms with Crippen LogP contribution < -0.4 is 16.2 Å². The molecule has 1 atom stereocenters. The minimum Gasteiger partial charge on any atom is -0.486 e. The van der Waals surface area contributed by atoms with Crippen LogP contribution >= 0.6 is 0 Å². The van der Waals surface area contributed by atoms with E-state index >= 15 is 0 Å². The van der Waals surface area contributed by atoms with E-state index in [1.165, 1.54) is 0 Å². The molecule has 3 N–H and O–H groups in total. The number of benzene rings is 1. The summed E-state index contributed by atoms with van der Waals surface area (Å²) in [5.74, 6) is -0.00401. The largest absolute Gasteiger partial charge is 0.486 e. The van der Waals surface area contributed by atoms with Gasteiger partial charge >= 0.3 is 5.76 Å². The summed E-state index contributed by atoms with van der Waals surface area (Å²) in [6.07, 6.45) is -0.122. The molecule has 0 aliphatic heterocycles. The number of fused-ring (bicyclic) bond motifs is 1. The molecule has 0 spiro atoms. The third kappa shape index (κ3) is 2.65. The van der Waals surface area contributed by atoms with E-state index in [0.717, 1.165) is 0 Å².